The highest BCUT2D eigenvalue weighted by Crippen LogP contribution is 2.38. The molecule has 4 atom stereocenters. The van der Waals surface area contributed by atoms with E-state index in [4.69, 9.17) is 18.9 Å². The first-order valence-corrected chi connectivity index (χ1v) is 9.45. The largest absolute Gasteiger partial charge is 0.463 e. The molecule has 34 heavy (non-hydrogen) atoms. The van der Waals surface area contributed by atoms with Gasteiger partial charge in [-0.3, -0.25) is 28.7 Å². The van der Waals surface area contributed by atoms with E-state index in [9.17, 15) is 45.9 Å². The van der Waals surface area contributed by atoms with E-state index in [-0.39, 0.29) is 0 Å². The molecule has 1 aliphatic heterocycles. The van der Waals surface area contributed by atoms with Crippen LogP contribution in [0.4, 0.5) is 22.0 Å². The smallest absolute Gasteiger partial charge is 0.453 e. The number of aromatic nitrogens is 2. The fraction of sp³-hybridized carbons (Fsp3) is 0.611. The van der Waals surface area contributed by atoms with Crippen molar-refractivity contribution in [2.45, 2.75) is 63.8 Å². The molecule has 2 rings (SSSR count). The van der Waals surface area contributed by atoms with Gasteiger partial charge < -0.3 is 18.9 Å². The summed E-state index contributed by atoms with van der Waals surface area (Å²) in [5, 5.41) is 0. The summed E-state index contributed by atoms with van der Waals surface area (Å²) in [5.74, 6) is -7.97. The molecule has 1 aliphatic rings. The molecule has 190 valence electrons. The minimum absolute atomic E-state index is 0.390. The SMILES string of the molecule is CC(=O)OC[C@H]1O[C@@H](n2cc(CC(F)(F)C(F)(F)F)c(=O)[nH]c2=O)[C@H](OC(C)=O)[C@@H]1OC(C)=O. The maximum atomic E-state index is 13.5. The van der Waals surface area contributed by atoms with Gasteiger partial charge in [0.15, 0.2) is 18.4 Å². The Kier molecular flexibility index (Phi) is 7.85. The Morgan fingerprint density at radius 3 is 2.06 bits per heavy atom. The third-order valence-electron chi connectivity index (χ3n) is 4.48. The van der Waals surface area contributed by atoms with Crippen LogP contribution in [0.15, 0.2) is 15.8 Å². The maximum Gasteiger partial charge on any atom is 0.453 e. The predicted molar refractivity (Wildman–Crippen MR) is 97.7 cm³/mol. The van der Waals surface area contributed by atoms with E-state index in [2.05, 4.69) is 0 Å². The number of rotatable bonds is 7. The zero-order valence-electron chi connectivity index (χ0n) is 17.8. The van der Waals surface area contributed by atoms with Gasteiger partial charge in [-0.2, -0.15) is 22.0 Å². The van der Waals surface area contributed by atoms with Gasteiger partial charge in [0.1, 0.15) is 12.7 Å². The van der Waals surface area contributed by atoms with Crippen molar-refractivity contribution in [1.29, 1.82) is 0 Å². The van der Waals surface area contributed by atoms with Gasteiger partial charge in [0.05, 0.1) is 6.42 Å². The molecular weight excluding hydrogens is 483 g/mol. The van der Waals surface area contributed by atoms with E-state index in [0.29, 0.717) is 10.8 Å². The molecule has 0 saturated carbocycles. The number of esters is 3. The number of halogens is 5. The third-order valence-corrected chi connectivity index (χ3v) is 4.48. The van der Waals surface area contributed by atoms with E-state index in [1.165, 1.54) is 0 Å². The summed E-state index contributed by atoms with van der Waals surface area (Å²) in [6.45, 7) is 2.38. The third kappa shape index (κ3) is 6.18. The van der Waals surface area contributed by atoms with Gasteiger partial charge in [0.2, 0.25) is 0 Å². The van der Waals surface area contributed by atoms with Crippen molar-refractivity contribution in [3.8, 4) is 0 Å². The lowest BCUT2D eigenvalue weighted by Crippen LogP contribution is -2.44. The first-order valence-electron chi connectivity index (χ1n) is 9.45. The number of hydrogen-bond donors (Lipinski definition) is 1. The average molecular weight is 502 g/mol. The minimum atomic E-state index is -5.99. The zero-order chi connectivity index (χ0) is 26.0. The van der Waals surface area contributed by atoms with Gasteiger partial charge in [-0.25, -0.2) is 4.79 Å². The monoisotopic (exact) mass is 502 g/mol. The highest BCUT2D eigenvalue weighted by atomic mass is 19.4. The van der Waals surface area contributed by atoms with Gasteiger partial charge in [-0.15, -0.1) is 0 Å². The van der Waals surface area contributed by atoms with Crippen LogP contribution in [0.2, 0.25) is 0 Å². The number of carbonyl (C=O) groups is 3. The Morgan fingerprint density at radius 2 is 1.56 bits per heavy atom. The molecule has 1 N–H and O–H groups in total. The number of aromatic amines is 1. The van der Waals surface area contributed by atoms with Crippen LogP contribution < -0.4 is 11.2 Å². The highest BCUT2D eigenvalue weighted by Gasteiger charge is 2.57. The van der Waals surface area contributed by atoms with Gasteiger partial charge in [-0.1, -0.05) is 0 Å². The van der Waals surface area contributed by atoms with Crippen molar-refractivity contribution in [2.75, 3.05) is 6.61 Å². The van der Waals surface area contributed by atoms with E-state index in [0.717, 1.165) is 20.8 Å². The summed E-state index contributed by atoms with van der Waals surface area (Å²) in [6, 6.07) is 0. The molecule has 0 radical (unpaired) electrons. The summed E-state index contributed by atoms with van der Waals surface area (Å²) < 4.78 is 85.7. The van der Waals surface area contributed by atoms with Crippen LogP contribution in [-0.2, 0) is 39.8 Å². The number of H-pyrrole nitrogens is 1. The molecule has 0 aromatic carbocycles. The number of alkyl halides is 5. The zero-order valence-corrected chi connectivity index (χ0v) is 17.8. The van der Waals surface area contributed by atoms with Gasteiger partial charge >= 0.3 is 35.7 Å². The molecule has 2 heterocycles. The van der Waals surface area contributed by atoms with Crippen molar-refractivity contribution >= 4 is 17.9 Å². The number of nitrogens with zero attached hydrogens (tertiary/aromatic N) is 1. The van der Waals surface area contributed by atoms with Crippen LogP contribution >= 0.6 is 0 Å². The topological polar surface area (TPSA) is 143 Å². The molecule has 16 heteroatoms. The molecule has 0 unspecified atom stereocenters. The van der Waals surface area contributed by atoms with Crippen LogP contribution in [0.25, 0.3) is 0 Å². The van der Waals surface area contributed by atoms with Crippen molar-refractivity contribution in [3.63, 3.8) is 0 Å². The molecule has 0 aliphatic carbocycles. The normalized spacial score (nSPS) is 22.8. The van der Waals surface area contributed by atoms with Crippen molar-refractivity contribution in [2.24, 2.45) is 0 Å². The molecule has 1 fully saturated rings. The van der Waals surface area contributed by atoms with Crippen LogP contribution in [0.3, 0.4) is 0 Å². The number of hydrogen-bond acceptors (Lipinski definition) is 9. The van der Waals surface area contributed by atoms with E-state index in [1.54, 1.807) is 4.98 Å². The average Bonchev–Trinajstić information content (AvgIpc) is 2.97. The molecule has 1 saturated heterocycles. The molecule has 0 bridgehead atoms. The molecule has 1 aromatic rings. The summed E-state index contributed by atoms with van der Waals surface area (Å²) in [6.07, 6.45) is -13.9. The second-order valence-corrected chi connectivity index (χ2v) is 7.22. The molecule has 11 nitrogen and oxygen atoms in total. The first-order chi connectivity index (χ1) is 15.5. The van der Waals surface area contributed by atoms with Gasteiger partial charge in [0, 0.05) is 32.5 Å². The molecule has 1 aromatic heterocycles. The van der Waals surface area contributed by atoms with Crippen molar-refractivity contribution in [1.82, 2.24) is 9.55 Å². The number of nitrogens with one attached hydrogen (secondary N) is 1. The lowest BCUT2D eigenvalue weighted by molar-refractivity contribution is -0.281. The molecule has 0 spiro atoms. The Hall–Kier alpha value is -3.30. The maximum absolute atomic E-state index is 13.5. The minimum Gasteiger partial charge on any atom is -0.463 e. The van der Waals surface area contributed by atoms with Crippen molar-refractivity contribution < 1.29 is 55.3 Å². The Balaban J connectivity index is 2.55. The summed E-state index contributed by atoms with van der Waals surface area (Å²) in [7, 11) is 0. The van der Waals surface area contributed by atoms with Crippen molar-refractivity contribution in [3.05, 3.63) is 32.6 Å². The standard InChI is InChI=1S/C18H19F5N2O9/c1-7(26)31-6-11-12(32-8(2)27)13(33-9(3)28)15(34-11)25-5-10(14(29)24-16(25)30)4-17(19,20)18(21,22)23/h5,11-13,15H,4,6H2,1-3H3,(H,24,29,30)/t11-,12-,13-,15-/m1/s1. The summed E-state index contributed by atoms with van der Waals surface area (Å²) in [4.78, 5) is 60.2. The fourth-order valence-corrected chi connectivity index (χ4v) is 3.10. The quantitative estimate of drug-likeness (QED) is 0.322. The van der Waals surface area contributed by atoms with E-state index >= 15 is 0 Å². The first kappa shape index (κ1) is 26.9. The van der Waals surface area contributed by atoms with Crippen LogP contribution in [-0.4, -0.2) is 64.5 Å². The Bertz CT molecular complexity index is 1070. The summed E-state index contributed by atoms with van der Waals surface area (Å²) >= 11 is 0. The lowest BCUT2D eigenvalue weighted by atomic mass is 10.1. The Labute approximate surface area is 186 Å². The van der Waals surface area contributed by atoms with Crippen LogP contribution in [0, 0.1) is 0 Å². The summed E-state index contributed by atoms with van der Waals surface area (Å²) in [5.41, 5.74) is -3.97. The number of ether oxygens (including phenoxy) is 4. The highest BCUT2D eigenvalue weighted by molar-refractivity contribution is 5.68. The van der Waals surface area contributed by atoms with E-state index in [1.807, 2.05) is 0 Å². The lowest BCUT2D eigenvalue weighted by Gasteiger charge is -2.24. The molecular formula is C18H19F5N2O9. The van der Waals surface area contributed by atoms with Crippen LogP contribution in [0.5, 0.6) is 0 Å². The van der Waals surface area contributed by atoms with Crippen LogP contribution in [0.1, 0.15) is 32.6 Å². The molecule has 0 amide bonds. The van der Waals surface area contributed by atoms with E-state index < -0.39 is 84.4 Å². The fourth-order valence-electron chi connectivity index (χ4n) is 3.10. The predicted octanol–water partition coefficient (Wildman–Crippen LogP) is 0.601. The number of carbonyl (C=O) groups excluding carboxylic acids is 3. The second kappa shape index (κ2) is 9.90. The Morgan fingerprint density at radius 1 is 1.00 bits per heavy atom. The van der Waals surface area contributed by atoms with Gasteiger partial charge in [0.25, 0.3) is 5.56 Å². The van der Waals surface area contributed by atoms with Gasteiger partial charge in [-0.05, 0) is 0 Å². The second-order valence-electron chi connectivity index (χ2n) is 7.22.